The van der Waals surface area contributed by atoms with Crippen LogP contribution in [0.5, 0.6) is 0 Å². The van der Waals surface area contributed by atoms with Crippen LogP contribution in [0.4, 0.5) is 0 Å². The van der Waals surface area contributed by atoms with Gasteiger partial charge in [-0.05, 0) is 24.0 Å². The molecule has 1 fully saturated rings. The van der Waals surface area contributed by atoms with Crippen molar-refractivity contribution in [2.75, 3.05) is 0 Å². The van der Waals surface area contributed by atoms with Crippen molar-refractivity contribution < 1.29 is 9.31 Å². The van der Waals surface area contributed by atoms with Crippen molar-refractivity contribution in [1.29, 1.82) is 0 Å². The Labute approximate surface area is 114 Å². The van der Waals surface area contributed by atoms with Crippen LogP contribution < -0.4 is 0 Å². The molecule has 1 aliphatic rings. The topological polar surface area (TPSA) is 18.5 Å². The van der Waals surface area contributed by atoms with Crippen molar-refractivity contribution >= 4 is 7.69 Å². The third-order valence-corrected chi connectivity index (χ3v) is 3.43. The minimum absolute atomic E-state index is 0.0996. The zero-order valence-corrected chi connectivity index (χ0v) is 10.7. The fourth-order valence-corrected chi connectivity index (χ4v) is 2.40. The van der Waals surface area contributed by atoms with E-state index in [-0.39, 0.29) is 12.2 Å². The van der Waals surface area contributed by atoms with Crippen LogP contribution in [0.25, 0.3) is 0 Å². The highest BCUT2D eigenvalue weighted by Gasteiger charge is 2.30. The molecule has 0 N–H and O–H groups in total. The maximum atomic E-state index is 5.59. The van der Waals surface area contributed by atoms with E-state index in [1.54, 1.807) is 0 Å². The van der Waals surface area contributed by atoms with Gasteiger partial charge in [-0.3, -0.25) is 0 Å². The normalized spacial score (nSPS) is 22.1. The summed E-state index contributed by atoms with van der Waals surface area (Å²) in [6.07, 6.45) is 1.97. The third kappa shape index (κ3) is 3.25. The molecule has 2 aromatic rings. The van der Waals surface area contributed by atoms with E-state index in [0.717, 1.165) is 12.8 Å². The van der Waals surface area contributed by atoms with Gasteiger partial charge in [0, 0.05) is 0 Å². The summed E-state index contributed by atoms with van der Waals surface area (Å²) in [7, 11) is 1.49. The van der Waals surface area contributed by atoms with Crippen molar-refractivity contribution in [2.45, 2.75) is 25.0 Å². The van der Waals surface area contributed by atoms with E-state index in [1.165, 1.54) is 18.8 Å². The van der Waals surface area contributed by atoms with E-state index < -0.39 is 0 Å². The molecule has 0 amide bonds. The second kappa shape index (κ2) is 6.05. The molecule has 2 nitrogen and oxygen atoms in total. The Morgan fingerprint density at radius 1 is 0.684 bits per heavy atom. The van der Waals surface area contributed by atoms with Crippen molar-refractivity contribution in [1.82, 2.24) is 0 Å². The van der Waals surface area contributed by atoms with Gasteiger partial charge in [-0.15, -0.1) is 0 Å². The highest BCUT2D eigenvalue weighted by Crippen LogP contribution is 2.20. The van der Waals surface area contributed by atoms with E-state index in [1.807, 2.05) is 12.1 Å². The Balaban J connectivity index is 1.65. The SMILES string of the molecule is [B]1O[C@@H](Cc2ccccc2)[C@H](Cc2ccccc2)O1. The summed E-state index contributed by atoms with van der Waals surface area (Å²) < 4.78 is 11.2. The number of benzene rings is 2. The Bertz CT molecular complexity index is 453. The molecule has 3 heteroatoms. The largest absolute Gasteiger partial charge is 0.488 e. The molecule has 1 saturated heterocycles. The molecule has 2 atom stereocenters. The van der Waals surface area contributed by atoms with E-state index in [9.17, 15) is 0 Å². The molecule has 0 aromatic heterocycles. The molecule has 0 spiro atoms. The third-order valence-electron chi connectivity index (χ3n) is 3.43. The molecule has 19 heavy (non-hydrogen) atoms. The van der Waals surface area contributed by atoms with Gasteiger partial charge in [-0.2, -0.15) is 0 Å². The van der Waals surface area contributed by atoms with Gasteiger partial charge in [0.2, 0.25) is 0 Å². The molecule has 0 bridgehead atoms. The van der Waals surface area contributed by atoms with E-state index in [0.29, 0.717) is 0 Å². The zero-order chi connectivity index (χ0) is 12.9. The second-order valence-corrected chi connectivity index (χ2v) is 4.82. The molecule has 1 heterocycles. The zero-order valence-electron chi connectivity index (χ0n) is 10.7. The molecule has 1 aliphatic heterocycles. The molecule has 0 unspecified atom stereocenters. The summed E-state index contributed by atoms with van der Waals surface area (Å²) in [6, 6.07) is 20.8. The smallest absolute Gasteiger partial charge is 0.407 e. The lowest BCUT2D eigenvalue weighted by molar-refractivity contribution is 0.155. The molecular weight excluding hydrogens is 235 g/mol. The Morgan fingerprint density at radius 2 is 1.11 bits per heavy atom. The summed E-state index contributed by atoms with van der Waals surface area (Å²) in [4.78, 5) is 0. The van der Waals surface area contributed by atoms with Crippen LogP contribution in [-0.2, 0) is 22.2 Å². The molecule has 0 aliphatic carbocycles. The van der Waals surface area contributed by atoms with Crippen molar-refractivity contribution in [3.05, 3.63) is 71.8 Å². The highest BCUT2D eigenvalue weighted by atomic mass is 16.6. The molecule has 1 radical (unpaired) electrons. The van der Waals surface area contributed by atoms with Gasteiger partial charge in [0.15, 0.2) is 0 Å². The van der Waals surface area contributed by atoms with Gasteiger partial charge in [-0.25, -0.2) is 0 Å². The van der Waals surface area contributed by atoms with E-state index in [2.05, 4.69) is 48.5 Å². The molecule has 2 aromatic carbocycles. The average Bonchev–Trinajstić information content (AvgIpc) is 2.88. The van der Waals surface area contributed by atoms with Crippen LogP contribution in [-0.4, -0.2) is 19.9 Å². The fourth-order valence-electron chi connectivity index (χ4n) is 2.40. The predicted molar refractivity (Wildman–Crippen MR) is 75.8 cm³/mol. The summed E-state index contributed by atoms with van der Waals surface area (Å²) in [5.74, 6) is 0. The summed E-state index contributed by atoms with van der Waals surface area (Å²) in [5.41, 5.74) is 2.56. The fraction of sp³-hybridized carbons (Fsp3) is 0.250. The standard InChI is InChI=1S/C16H16BO2/c1-3-7-13(8-4-1)11-15-16(19-17-18-15)12-14-9-5-2-6-10-14/h1-10,15-16H,11-12H2/t15-,16-/m0/s1. The molecular formula is C16H16BO2. The first-order valence-corrected chi connectivity index (χ1v) is 6.62. The van der Waals surface area contributed by atoms with Crippen LogP contribution >= 0.6 is 0 Å². The van der Waals surface area contributed by atoms with Crippen LogP contribution in [0.3, 0.4) is 0 Å². The molecule has 0 saturated carbocycles. The van der Waals surface area contributed by atoms with Gasteiger partial charge in [0.1, 0.15) is 0 Å². The summed E-state index contributed by atoms with van der Waals surface area (Å²) >= 11 is 0. The summed E-state index contributed by atoms with van der Waals surface area (Å²) in [5, 5.41) is 0. The van der Waals surface area contributed by atoms with Crippen molar-refractivity contribution in [3.63, 3.8) is 0 Å². The van der Waals surface area contributed by atoms with Gasteiger partial charge < -0.3 is 9.31 Å². The quantitative estimate of drug-likeness (QED) is 0.778. The number of hydrogen-bond donors (Lipinski definition) is 0. The van der Waals surface area contributed by atoms with Gasteiger partial charge in [0.25, 0.3) is 0 Å². The predicted octanol–water partition coefficient (Wildman–Crippen LogP) is 2.79. The van der Waals surface area contributed by atoms with Gasteiger partial charge >= 0.3 is 7.69 Å². The van der Waals surface area contributed by atoms with Gasteiger partial charge in [-0.1, -0.05) is 60.7 Å². The minimum Gasteiger partial charge on any atom is -0.407 e. The van der Waals surface area contributed by atoms with Gasteiger partial charge in [0.05, 0.1) is 12.2 Å². The minimum atomic E-state index is 0.0996. The summed E-state index contributed by atoms with van der Waals surface area (Å²) in [6.45, 7) is 0. The monoisotopic (exact) mass is 251 g/mol. The van der Waals surface area contributed by atoms with Crippen molar-refractivity contribution in [2.24, 2.45) is 0 Å². The average molecular weight is 251 g/mol. The lowest BCUT2D eigenvalue weighted by Gasteiger charge is -2.18. The first-order valence-electron chi connectivity index (χ1n) is 6.62. The van der Waals surface area contributed by atoms with Crippen LogP contribution in [0.2, 0.25) is 0 Å². The second-order valence-electron chi connectivity index (χ2n) is 4.82. The van der Waals surface area contributed by atoms with Crippen LogP contribution in [0.15, 0.2) is 60.7 Å². The molecule has 95 valence electrons. The Kier molecular flexibility index (Phi) is 3.96. The molecule has 3 rings (SSSR count). The van der Waals surface area contributed by atoms with Crippen LogP contribution in [0.1, 0.15) is 11.1 Å². The first kappa shape index (κ1) is 12.5. The van der Waals surface area contributed by atoms with E-state index in [4.69, 9.17) is 9.31 Å². The maximum absolute atomic E-state index is 5.59. The number of rotatable bonds is 4. The first-order chi connectivity index (χ1) is 9.42. The van der Waals surface area contributed by atoms with Crippen molar-refractivity contribution in [3.8, 4) is 0 Å². The Hall–Kier alpha value is -1.58. The lowest BCUT2D eigenvalue weighted by atomic mass is 9.99. The lowest BCUT2D eigenvalue weighted by Crippen LogP contribution is -2.27. The van der Waals surface area contributed by atoms with Crippen LogP contribution in [0, 0.1) is 0 Å². The number of hydrogen-bond acceptors (Lipinski definition) is 2. The Morgan fingerprint density at radius 3 is 1.53 bits per heavy atom. The highest BCUT2D eigenvalue weighted by molar-refractivity contribution is 6.19. The van der Waals surface area contributed by atoms with E-state index >= 15 is 0 Å². The maximum Gasteiger partial charge on any atom is 0.488 e.